The predicted octanol–water partition coefficient (Wildman–Crippen LogP) is 4.41. The van der Waals surface area contributed by atoms with Crippen molar-refractivity contribution in [2.45, 2.75) is 46.1 Å². The third-order valence-electron chi connectivity index (χ3n) is 2.38. The van der Waals surface area contributed by atoms with Gasteiger partial charge in [0.2, 0.25) is 0 Å². The van der Waals surface area contributed by atoms with Crippen LogP contribution in [-0.4, -0.2) is 6.10 Å². The minimum absolute atomic E-state index is 0.0183. The summed E-state index contributed by atoms with van der Waals surface area (Å²) < 4.78 is 6.51. The molecule has 0 amide bonds. The summed E-state index contributed by atoms with van der Waals surface area (Å²) >= 11 is 3.48. The van der Waals surface area contributed by atoms with Crippen molar-refractivity contribution >= 4 is 15.9 Å². The van der Waals surface area contributed by atoms with E-state index in [-0.39, 0.29) is 11.5 Å². The van der Waals surface area contributed by atoms with Gasteiger partial charge in [-0.05, 0) is 52.9 Å². The van der Waals surface area contributed by atoms with Crippen LogP contribution >= 0.6 is 15.9 Å². The Hall–Kier alpha value is -1.01. The largest absolute Gasteiger partial charge is 0.488 e. The van der Waals surface area contributed by atoms with Crippen LogP contribution in [0.1, 0.15) is 45.7 Å². The van der Waals surface area contributed by atoms with E-state index in [1.54, 1.807) is 0 Å². The molecule has 0 saturated carbocycles. The van der Waals surface area contributed by atoms with E-state index in [1.165, 1.54) is 0 Å². The maximum atomic E-state index is 9.20. The van der Waals surface area contributed by atoms with E-state index >= 15 is 0 Å². The number of halogens is 1. The van der Waals surface area contributed by atoms with Crippen molar-refractivity contribution in [2.75, 3.05) is 0 Å². The van der Waals surface area contributed by atoms with Crippen LogP contribution in [0.5, 0.6) is 5.75 Å². The number of hydrogen-bond donors (Lipinski definition) is 0. The molecule has 3 heteroatoms. The molecule has 0 aliphatic carbocycles. The lowest BCUT2D eigenvalue weighted by Crippen LogP contribution is -2.13. The highest BCUT2D eigenvalue weighted by molar-refractivity contribution is 9.10. The number of hydrogen-bond acceptors (Lipinski definition) is 2. The molecule has 0 unspecified atom stereocenters. The van der Waals surface area contributed by atoms with Gasteiger partial charge in [0.25, 0.3) is 0 Å². The Morgan fingerprint density at radius 2 is 1.88 bits per heavy atom. The van der Waals surface area contributed by atoms with Crippen molar-refractivity contribution in [2.24, 2.45) is 0 Å². The minimum Gasteiger partial charge on any atom is -0.488 e. The molecule has 92 valence electrons. The summed E-state index contributed by atoms with van der Waals surface area (Å²) in [6, 6.07) is 6.13. The van der Waals surface area contributed by atoms with Gasteiger partial charge in [0.1, 0.15) is 6.07 Å². The highest BCUT2D eigenvalue weighted by atomic mass is 79.9. The third kappa shape index (κ3) is 3.47. The molecule has 1 aromatic rings. The van der Waals surface area contributed by atoms with Gasteiger partial charge in [-0.25, -0.2) is 0 Å². The molecular weight excluding hydrogens is 278 g/mol. The first-order chi connectivity index (χ1) is 7.75. The molecule has 0 N–H and O–H groups in total. The fourth-order valence-electron chi connectivity index (χ4n) is 1.46. The zero-order valence-electron chi connectivity index (χ0n) is 11.0. The maximum Gasteiger partial charge on any atom is 0.151 e. The van der Waals surface area contributed by atoms with Gasteiger partial charge < -0.3 is 4.74 Å². The summed E-state index contributed by atoms with van der Waals surface area (Å²) in [4.78, 5) is 0. The van der Waals surface area contributed by atoms with Crippen molar-refractivity contribution in [3.8, 4) is 11.8 Å². The van der Waals surface area contributed by atoms with Gasteiger partial charge >= 0.3 is 0 Å². The fraction of sp³-hybridized carbons (Fsp3) is 0.500. The zero-order valence-corrected chi connectivity index (χ0v) is 12.6. The van der Waals surface area contributed by atoms with Gasteiger partial charge in [-0.1, -0.05) is 20.8 Å². The van der Waals surface area contributed by atoms with E-state index in [2.05, 4.69) is 42.8 Å². The Kier molecular flexibility index (Phi) is 4.21. The van der Waals surface area contributed by atoms with Gasteiger partial charge in [-0.15, -0.1) is 0 Å². The summed E-state index contributed by atoms with van der Waals surface area (Å²) in [6.45, 7) is 10.3. The predicted molar refractivity (Wildman–Crippen MR) is 73.3 cm³/mol. The molecule has 0 aromatic heterocycles. The molecule has 1 rings (SSSR count). The first kappa shape index (κ1) is 14.1. The Balaban J connectivity index is 3.32. The van der Waals surface area contributed by atoms with Crippen molar-refractivity contribution in [3.63, 3.8) is 0 Å². The van der Waals surface area contributed by atoms with E-state index in [0.717, 1.165) is 10.0 Å². The van der Waals surface area contributed by atoms with E-state index < -0.39 is 0 Å². The Morgan fingerprint density at radius 1 is 1.29 bits per heavy atom. The van der Waals surface area contributed by atoms with Crippen molar-refractivity contribution < 1.29 is 4.74 Å². The van der Waals surface area contributed by atoms with Crippen LogP contribution in [0.15, 0.2) is 16.6 Å². The number of ether oxygens (including phenoxy) is 1. The number of nitrogens with zero attached hydrogens (tertiary/aromatic N) is 1. The van der Waals surface area contributed by atoms with Crippen molar-refractivity contribution in [1.82, 2.24) is 0 Å². The summed E-state index contributed by atoms with van der Waals surface area (Å²) in [5.74, 6) is 0.635. The van der Waals surface area contributed by atoms with Gasteiger partial charge in [0.15, 0.2) is 5.75 Å². The molecule has 1 aromatic carbocycles. The monoisotopic (exact) mass is 295 g/mol. The molecule has 0 radical (unpaired) electrons. The standard InChI is InChI=1S/C14H18BrNO/c1-9(2)17-13-10(8-16)6-11(7-12(13)15)14(3,4)5/h6-7,9H,1-5H3. The lowest BCUT2D eigenvalue weighted by Gasteiger charge is -2.21. The summed E-state index contributed by atoms with van der Waals surface area (Å²) in [7, 11) is 0. The Labute approximate surface area is 112 Å². The van der Waals surface area contributed by atoms with E-state index in [0.29, 0.717) is 11.3 Å². The molecule has 0 aliphatic heterocycles. The van der Waals surface area contributed by atoms with Crippen LogP contribution in [0.4, 0.5) is 0 Å². The van der Waals surface area contributed by atoms with Crippen LogP contribution in [0, 0.1) is 11.3 Å². The van der Waals surface area contributed by atoms with Crippen LogP contribution in [0.2, 0.25) is 0 Å². The molecule has 0 fully saturated rings. The van der Waals surface area contributed by atoms with Crippen LogP contribution in [0.3, 0.4) is 0 Å². The zero-order chi connectivity index (χ0) is 13.2. The second kappa shape index (κ2) is 5.10. The average Bonchev–Trinajstić information content (AvgIpc) is 2.18. The maximum absolute atomic E-state index is 9.20. The molecule has 17 heavy (non-hydrogen) atoms. The molecule has 0 atom stereocenters. The van der Waals surface area contributed by atoms with Gasteiger partial charge in [-0.2, -0.15) is 5.26 Å². The fourth-order valence-corrected chi connectivity index (χ4v) is 2.02. The second-order valence-electron chi connectivity index (χ2n) is 5.36. The summed E-state index contributed by atoms with van der Waals surface area (Å²) in [6.07, 6.45) is 0.0545. The highest BCUT2D eigenvalue weighted by Crippen LogP contribution is 2.35. The van der Waals surface area contributed by atoms with Gasteiger partial charge in [0, 0.05) is 0 Å². The topological polar surface area (TPSA) is 33.0 Å². The van der Waals surface area contributed by atoms with Gasteiger partial charge in [0.05, 0.1) is 16.1 Å². The van der Waals surface area contributed by atoms with E-state index in [9.17, 15) is 5.26 Å². The molecule has 0 saturated heterocycles. The van der Waals surface area contributed by atoms with Crippen LogP contribution in [-0.2, 0) is 5.41 Å². The lowest BCUT2D eigenvalue weighted by atomic mass is 9.86. The first-order valence-electron chi connectivity index (χ1n) is 5.66. The molecule has 0 heterocycles. The quantitative estimate of drug-likeness (QED) is 0.810. The van der Waals surface area contributed by atoms with Crippen LogP contribution < -0.4 is 4.74 Å². The Morgan fingerprint density at radius 3 is 2.29 bits per heavy atom. The number of benzene rings is 1. The molecule has 2 nitrogen and oxygen atoms in total. The first-order valence-corrected chi connectivity index (χ1v) is 6.45. The van der Waals surface area contributed by atoms with Gasteiger partial charge in [-0.3, -0.25) is 0 Å². The van der Waals surface area contributed by atoms with Crippen LogP contribution in [0.25, 0.3) is 0 Å². The minimum atomic E-state index is 0.0183. The van der Waals surface area contributed by atoms with Crippen molar-refractivity contribution in [3.05, 3.63) is 27.7 Å². The third-order valence-corrected chi connectivity index (χ3v) is 2.97. The number of nitriles is 1. The molecular formula is C14H18BrNO. The van der Waals surface area contributed by atoms with Crippen molar-refractivity contribution in [1.29, 1.82) is 5.26 Å². The summed E-state index contributed by atoms with van der Waals surface area (Å²) in [5, 5.41) is 9.20. The summed E-state index contributed by atoms with van der Waals surface area (Å²) in [5.41, 5.74) is 1.72. The normalized spacial score (nSPS) is 11.4. The second-order valence-corrected chi connectivity index (χ2v) is 6.22. The highest BCUT2D eigenvalue weighted by Gasteiger charge is 2.19. The number of rotatable bonds is 2. The average molecular weight is 296 g/mol. The van der Waals surface area contributed by atoms with E-state index in [4.69, 9.17) is 4.74 Å². The molecule has 0 aliphatic rings. The molecule has 0 spiro atoms. The Bertz CT molecular complexity index is 453. The SMILES string of the molecule is CC(C)Oc1c(Br)cc(C(C)(C)C)cc1C#N. The molecule has 0 bridgehead atoms. The smallest absolute Gasteiger partial charge is 0.151 e. The van der Waals surface area contributed by atoms with E-state index in [1.807, 2.05) is 26.0 Å². The lowest BCUT2D eigenvalue weighted by molar-refractivity contribution is 0.240.